The van der Waals surface area contributed by atoms with Crippen LogP contribution in [0.1, 0.15) is 17.2 Å². The Hall–Kier alpha value is -1.52. The maximum atomic E-state index is 13.4. The third-order valence-electron chi connectivity index (χ3n) is 2.56. The zero-order valence-corrected chi connectivity index (χ0v) is 10.0. The molecule has 0 bridgehead atoms. The Labute approximate surface area is 108 Å². The topological polar surface area (TPSA) is 33.1 Å². The lowest BCUT2D eigenvalue weighted by molar-refractivity contribution is 0.176. The van der Waals surface area contributed by atoms with Gasteiger partial charge in [0.05, 0.1) is 6.10 Å². The Morgan fingerprint density at radius 3 is 2.61 bits per heavy atom. The smallest absolute Gasteiger partial charge is 0.129 e. The first-order valence-electron chi connectivity index (χ1n) is 5.29. The Morgan fingerprint density at radius 2 is 2.00 bits per heavy atom. The van der Waals surface area contributed by atoms with Crippen molar-refractivity contribution in [2.75, 3.05) is 0 Å². The van der Waals surface area contributed by atoms with E-state index in [2.05, 4.69) is 4.98 Å². The second-order valence-electron chi connectivity index (χ2n) is 3.87. The van der Waals surface area contributed by atoms with Crippen LogP contribution in [0.25, 0.3) is 0 Å². The van der Waals surface area contributed by atoms with Crippen LogP contribution in [0.15, 0.2) is 36.5 Å². The molecule has 5 heteroatoms. The molecule has 0 saturated carbocycles. The molecule has 94 valence electrons. The number of benzene rings is 1. The summed E-state index contributed by atoms with van der Waals surface area (Å²) in [7, 11) is 0. The summed E-state index contributed by atoms with van der Waals surface area (Å²) in [4.78, 5) is 3.83. The standard InChI is InChI=1S/C13H10ClF2NO/c14-13-4-2-9(7-17-13)12(18)5-8-1-3-10(15)6-11(8)16/h1-4,6-7,12,18H,5H2. The van der Waals surface area contributed by atoms with E-state index in [0.717, 1.165) is 12.1 Å². The molecule has 0 aliphatic heterocycles. The third kappa shape index (κ3) is 3.03. The molecule has 1 aromatic carbocycles. The van der Waals surface area contributed by atoms with Gasteiger partial charge in [0, 0.05) is 18.7 Å². The minimum Gasteiger partial charge on any atom is -0.388 e. The first kappa shape index (κ1) is 12.9. The lowest BCUT2D eigenvalue weighted by atomic mass is 10.0. The van der Waals surface area contributed by atoms with Gasteiger partial charge in [-0.2, -0.15) is 0 Å². The molecule has 0 radical (unpaired) electrons. The first-order chi connectivity index (χ1) is 8.56. The summed E-state index contributed by atoms with van der Waals surface area (Å²) in [5.74, 6) is -1.31. The quantitative estimate of drug-likeness (QED) is 0.868. The van der Waals surface area contributed by atoms with Crippen LogP contribution in [0.3, 0.4) is 0 Å². The molecule has 0 aliphatic rings. The van der Waals surface area contributed by atoms with Crippen molar-refractivity contribution in [3.63, 3.8) is 0 Å². The molecule has 1 atom stereocenters. The SMILES string of the molecule is OC(Cc1ccc(F)cc1F)c1ccc(Cl)nc1. The average Bonchev–Trinajstić information content (AvgIpc) is 2.33. The molecule has 0 saturated heterocycles. The fraction of sp³-hybridized carbons (Fsp3) is 0.154. The van der Waals surface area contributed by atoms with E-state index in [9.17, 15) is 13.9 Å². The Balaban J connectivity index is 2.15. The largest absolute Gasteiger partial charge is 0.388 e. The van der Waals surface area contributed by atoms with Gasteiger partial charge in [0.15, 0.2) is 0 Å². The number of halogens is 3. The highest BCUT2D eigenvalue weighted by atomic mass is 35.5. The second-order valence-corrected chi connectivity index (χ2v) is 4.26. The van der Waals surface area contributed by atoms with Crippen molar-refractivity contribution in [1.82, 2.24) is 4.98 Å². The van der Waals surface area contributed by atoms with Crippen LogP contribution in [0.2, 0.25) is 5.15 Å². The number of hydrogen-bond donors (Lipinski definition) is 1. The van der Waals surface area contributed by atoms with E-state index in [1.165, 1.54) is 12.3 Å². The van der Waals surface area contributed by atoms with Crippen LogP contribution in [-0.4, -0.2) is 10.1 Å². The maximum Gasteiger partial charge on any atom is 0.129 e. The molecule has 1 heterocycles. The van der Waals surface area contributed by atoms with Gasteiger partial charge in [0.25, 0.3) is 0 Å². The molecule has 2 nitrogen and oxygen atoms in total. The molecular weight excluding hydrogens is 260 g/mol. The molecule has 2 aromatic rings. The number of aliphatic hydroxyl groups excluding tert-OH is 1. The van der Waals surface area contributed by atoms with Crippen molar-refractivity contribution >= 4 is 11.6 Å². The summed E-state index contributed by atoms with van der Waals surface area (Å²) >= 11 is 5.62. The predicted octanol–water partition coefficient (Wildman–Crippen LogP) is 3.29. The van der Waals surface area contributed by atoms with Gasteiger partial charge in [-0.15, -0.1) is 0 Å². The van der Waals surface area contributed by atoms with Gasteiger partial charge in [-0.3, -0.25) is 0 Å². The number of aromatic nitrogens is 1. The van der Waals surface area contributed by atoms with E-state index in [-0.39, 0.29) is 12.0 Å². The molecule has 18 heavy (non-hydrogen) atoms. The fourth-order valence-corrected chi connectivity index (χ4v) is 1.71. The van der Waals surface area contributed by atoms with Crippen LogP contribution < -0.4 is 0 Å². The molecule has 1 N–H and O–H groups in total. The lowest BCUT2D eigenvalue weighted by Crippen LogP contribution is -2.04. The number of aliphatic hydroxyl groups is 1. The molecule has 1 aromatic heterocycles. The van der Waals surface area contributed by atoms with Crippen molar-refractivity contribution in [2.24, 2.45) is 0 Å². The van der Waals surface area contributed by atoms with Crippen LogP contribution in [0, 0.1) is 11.6 Å². The van der Waals surface area contributed by atoms with Crippen molar-refractivity contribution in [3.05, 3.63) is 64.4 Å². The first-order valence-corrected chi connectivity index (χ1v) is 5.67. The van der Waals surface area contributed by atoms with Crippen molar-refractivity contribution in [3.8, 4) is 0 Å². The molecule has 1 unspecified atom stereocenters. The monoisotopic (exact) mass is 269 g/mol. The molecule has 0 fully saturated rings. The van der Waals surface area contributed by atoms with E-state index < -0.39 is 17.7 Å². The lowest BCUT2D eigenvalue weighted by Gasteiger charge is -2.11. The number of rotatable bonds is 3. The van der Waals surface area contributed by atoms with Crippen LogP contribution in [0.4, 0.5) is 8.78 Å². The third-order valence-corrected chi connectivity index (χ3v) is 2.79. The van der Waals surface area contributed by atoms with Gasteiger partial charge < -0.3 is 5.11 Å². The summed E-state index contributed by atoms with van der Waals surface area (Å²) < 4.78 is 26.1. The molecule has 0 amide bonds. The fourth-order valence-electron chi connectivity index (χ4n) is 1.60. The molecule has 2 rings (SSSR count). The van der Waals surface area contributed by atoms with Gasteiger partial charge >= 0.3 is 0 Å². The Bertz CT molecular complexity index is 545. The average molecular weight is 270 g/mol. The minimum atomic E-state index is -0.908. The summed E-state index contributed by atoms with van der Waals surface area (Å²) in [6, 6.07) is 6.42. The number of pyridine rings is 1. The van der Waals surface area contributed by atoms with Gasteiger partial charge in [-0.05, 0) is 23.3 Å². The zero-order valence-electron chi connectivity index (χ0n) is 9.28. The van der Waals surface area contributed by atoms with Crippen molar-refractivity contribution < 1.29 is 13.9 Å². The summed E-state index contributed by atoms with van der Waals surface area (Å²) in [6.45, 7) is 0. The Kier molecular flexibility index (Phi) is 3.89. The van der Waals surface area contributed by atoms with E-state index in [1.54, 1.807) is 12.1 Å². The second kappa shape index (κ2) is 5.42. The van der Waals surface area contributed by atoms with E-state index in [4.69, 9.17) is 11.6 Å². The van der Waals surface area contributed by atoms with Crippen molar-refractivity contribution in [1.29, 1.82) is 0 Å². The summed E-state index contributed by atoms with van der Waals surface area (Å²) in [6.07, 6.45) is 0.568. The zero-order chi connectivity index (χ0) is 13.1. The minimum absolute atomic E-state index is 0.0510. The highest BCUT2D eigenvalue weighted by Gasteiger charge is 2.12. The van der Waals surface area contributed by atoms with Gasteiger partial charge in [-0.25, -0.2) is 13.8 Å². The maximum absolute atomic E-state index is 13.4. The number of hydrogen-bond acceptors (Lipinski definition) is 2. The molecular formula is C13H10ClF2NO. The van der Waals surface area contributed by atoms with Crippen LogP contribution in [0.5, 0.6) is 0 Å². The normalized spacial score (nSPS) is 12.4. The van der Waals surface area contributed by atoms with E-state index in [0.29, 0.717) is 10.7 Å². The predicted molar refractivity (Wildman–Crippen MR) is 64.3 cm³/mol. The highest BCUT2D eigenvalue weighted by molar-refractivity contribution is 6.29. The Morgan fingerprint density at radius 1 is 1.22 bits per heavy atom. The van der Waals surface area contributed by atoms with Gasteiger partial charge in [0.1, 0.15) is 16.8 Å². The summed E-state index contributed by atoms with van der Waals surface area (Å²) in [5, 5.41) is 10.2. The molecule has 0 spiro atoms. The van der Waals surface area contributed by atoms with E-state index >= 15 is 0 Å². The van der Waals surface area contributed by atoms with Gasteiger partial charge in [0.2, 0.25) is 0 Å². The molecule has 0 aliphatic carbocycles. The van der Waals surface area contributed by atoms with Crippen LogP contribution >= 0.6 is 11.6 Å². The van der Waals surface area contributed by atoms with Gasteiger partial charge in [-0.1, -0.05) is 23.7 Å². The van der Waals surface area contributed by atoms with Crippen LogP contribution in [-0.2, 0) is 6.42 Å². The highest BCUT2D eigenvalue weighted by Crippen LogP contribution is 2.20. The summed E-state index contributed by atoms with van der Waals surface area (Å²) in [5.41, 5.74) is 0.780. The number of nitrogens with zero attached hydrogens (tertiary/aromatic N) is 1. The van der Waals surface area contributed by atoms with Crippen molar-refractivity contribution in [2.45, 2.75) is 12.5 Å². The van der Waals surface area contributed by atoms with E-state index in [1.807, 2.05) is 0 Å².